The summed E-state index contributed by atoms with van der Waals surface area (Å²) >= 11 is 0. The Morgan fingerprint density at radius 3 is 2.28 bits per heavy atom. The lowest BCUT2D eigenvalue weighted by Crippen LogP contribution is -2.56. The Balaban J connectivity index is 2.39. The Bertz CT molecular complexity index is 1030. The van der Waals surface area contributed by atoms with E-state index in [0.29, 0.717) is 22.2 Å². The second kappa shape index (κ2) is 9.39. The standard InChI is InChI=1S/C22H26N2O8/c1-5-32-22(29)19-18-15(12-8-6-7-9-13(12)23-18)16(14(10-25)24(19)11(2)26)17(20(27)30-3)21(28)31-4/h6-9,14,16-17,19,23,25H,5,10H2,1-4H3/t14-,16-,19-/m1/s1. The molecular formula is C22H26N2O8. The van der Waals surface area contributed by atoms with Crippen molar-refractivity contribution in [2.24, 2.45) is 5.92 Å². The number of esters is 3. The number of para-hydroxylation sites is 1. The molecule has 0 bridgehead atoms. The van der Waals surface area contributed by atoms with Crippen LogP contribution in [0.3, 0.4) is 0 Å². The number of amides is 1. The smallest absolute Gasteiger partial charge is 0.335 e. The number of carbonyl (C=O) groups excluding carboxylic acids is 4. The summed E-state index contributed by atoms with van der Waals surface area (Å²) in [5.74, 6) is -5.51. The van der Waals surface area contributed by atoms with E-state index in [-0.39, 0.29) is 6.61 Å². The number of aliphatic hydroxyl groups is 1. The van der Waals surface area contributed by atoms with Crippen LogP contribution in [-0.2, 0) is 33.4 Å². The highest BCUT2D eigenvalue weighted by atomic mass is 16.5. The molecular weight excluding hydrogens is 420 g/mol. The van der Waals surface area contributed by atoms with E-state index in [1.165, 1.54) is 6.92 Å². The van der Waals surface area contributed by atoms with Crippen molar-refractivity contribution in [3.8, 4) is 0 Å². The van der Waals surface area contributed by atoms with Gasteiger partial charge >= 0.3 is 17.9 Å². The van der Waals surface area contributed by atoms with E-state index >= 15 is 0 Å². The number of fused-ring (bicyclic) bond motifs is 3. The van der Waals surface area contributed by atoms with Crippen LogP contribution in [0.15, 0.2) is 24.3 Å². The molecule has 0 saturated carbocycles. The van der Waals surface area contributed by atoms with Crippen molar-refractivity contribution in [1.82, 2.24) is 9.88 Å². The highest BCUT2D eigenvalue weighted by molar-refractivity contribution is 5.99. The molecule has 0 spiro atoms. The van der Waals surface area contributed by atoms with Gasteiger partial charge in [-0.2, -0.15) is 0 Å². The average molecular weight is 446 g/mol. The number of hydrogen-bond acceptors (Lipinski definition) is 8. The van der Waals surface area contributed by atoms with Crippen LogP contribution >= 0.6 is 0 Å². The predicted molar refractivity (Wildman–Crippen MR) is 111 cm³/mol. The van der Waals surface area contributed by atoms with Gasteiger partial charge in [0.2, 0.25) is 5.91 Å². The van der Waals surface area contributed by atoms with E-state index in [4.69, 9.17) is 14.2 Å². The van der Waals surface area contributed by atoms with E-state index in [9.17, 15) is 24.3 Å². The van der Waals surface area contributed by atoms with Crippen molar-refractivity contribution in [1.29, 1.82) is 0 Å². The molecule has 1 aromatic heterocycles. The summed E-state index contributed by atoms with van der Waals surface area (Å²) in [6.45, 7) is 2.34. The lowest BCUT2D eigenvalue weighted by molar-refractivity contribution is -0.165. The van der Waals surface area contributed by atoms with Gasteiger partial charge < -0.3 is 29.2 Å². The van der Waals surface area contributed by atoms with Gasteiger partial charge in [-0.15, -0.1) is 0 Å². The third kappa shape index (κ3) is 3.70. The van der Waals surface area contributed by atoms with Gasteiger partial charge in [-0.25, -0.2) is 4.79 Å². The number of H-pyrrole nitrogens is 1. The number of rotatable bonds is 6. The topological polar surface area (TPSA) is 135 Å². The SMILES string of the molecule is CCOC(=O)[C@H]1c2[nH]c3ccccc3c2[C@H](C(C(=O)OC)C(=O)OC)[C@@H](CO)N1C(C)=O. The minimum atomic E-state index is -1.48. The molecule has 1 amide bonds. The summed E-state index contributed by atoms with van der Waals surface area (Å²) in [5, 5.41) is 11.0. The first kappa shape index (κ1) is 23.3. The fourth-order valence-corrected chi connectivity index (χ4v) is 4.56. The van der Waals surface area contributed by atoms with Crippen LogP contribution in [0.4, 0.5) is 0 Å². The van der Waals surface area contributed by atoms with E-state index in [1.54, 1.807) is 31.2 Å². The van der Waals surface area contributed by atoms with Gasteiger partial charge in [-0.05, 0) is 18.6 Å². The van der Waals surface area contributed by atoms with Crippen molar-refractivity contribution in [3.05, 3.63) is 35.5 Å². The van der Waals surface area contributed by atoms with Gasteiger partial charge in [0.1, 0.15) is 0 Å². The summed E-state index contributed by atoms with van der Waals surface area (Å²) < 4.78 is 15.0. The van der Waals surface area contributed by atoms with Crippen LogP contribution in [0.5, 0.6) is 0 Å². The third-order valence-electron chi connectivity index (χ3n) is 5.76. The van der Waals surface area contributed by atoms with E-state index in [0.717, 1.165) is 19.1 Å². The highest BCUT2D eigenvalue weighted by Crippen LogP contribution is 2.47. The first-order valence-corrected chi connectivity index (χ1v) is 10.1. The molecule has 0 radical (unpaired) electrons. The summed E-state index contributed by atoms with van der Waals surface area (Å²) in [5.41, 5.74) is 1.40. The molecule has 0 aliphatic carbocycles. The molecule has 172 valence electrons. The lowest BCUT2D eigenvalue weighted by Gasteiger charge is -2.45. The van der Waals surface area contributed by atoms with E-state index < -0.39 is 54.3 Å². The number of carbonyl (C=O) groups is 4. The maximum atomic E-state index is 13.0. The zero-order valence-corrected chi connectivity index (χ0v) is 18.3. The molecule has 1 aromatic carbocycles. The molecule has 3 atom stereocenters. The quantitative estimate of drug-likeness (QED) is 0.382. The first-order valence-electron chi connectivity index (χ1n) is 10.1. The van der Waals surface area contributed by atoms with Gasteiger partial charge in [-0.3, -0.25) is 14.4 Å². The minimum absolute atomic E-state index is 0.0802. The molecule has 10 heteroatoms. The number of methoxy groups -OCH3 is 2. The molecule has 2 aromatic rings. The Morgan fingerprint density at radius 2 is 1.75 bits per heavy atom. The molecule has 32 heavy (non-hydrogen) atoms. The number of benzene rings is 1. The third-order valence-corrected chi connectivity index (χ3v) is 5.76. The Hall–Kier alpha value is -3.40. The largest absolute Gasteiger partial charge is 0.468 e. The van der Waals surface area contributed by atoms with Crippen LogP contribution in [0.25, 0.3) is 10.9 Å². The van der Waals surface area contributed by atoms with Crippen LogP contribution in [0, 0.1) is 5.92 Å². The number of aromatic nitrogens is 1. The maximum absolute atomic E-state index is 13.0. The second-order valence-corrected chi connectivity index (χ2v) is 7.38. The number of aromatic amines is 1. The predicted octanol–water partition coefficient (Wildman–Crippen LogP) is 1.04. The molecule has 2 N–H and O–H groups in total. The molecule has 0 saturated heterocycles. The summed E-state index contributed by atoms with van der Waals surface area (Å²) in [6, 6.07) is 4.79. The molecule has 1 aliphatic heterocycles. The molecule has 1 aliphatic rings. The Labute approximate surface area is 184 Å². The maximum Gasteiger partial charge on any atom is 0.335 e. The number of nitrogens with zero attached hydrogens (tertiary/aromatic N) is 1. The number of nitrogens with one attached hydrogen (secondary N) is 1. The lowest BCUT2D eigenvalue weighted by atomic mass is 9.74. The highest BCUT2D eigenvalue weighted by Gasteiger charge is 2.53. The summed E-state index contributed by atoms with van der Waals surface area (Å²) in [7, 11) is 2.27. The Kier molecular flexibility index (Phi) is 6.83. The Morgan fingerprint density at radius 1 is 1.12 bits per heavy atom. The summed E-state index contributed by atoms with van der Waals surface area (Å²) in [6.07, 6.45) is 0. The average Bonchev–Trinajstić information content (AvgIpc) is 3.17. The van der Waals surface area contributed by atoms with Crippen LogP contribution < -0.4 is 0 Å². The molecule has 0 fully saturated rings. The zero-order valence-electron chi connectivity index (χ0n) is 18.3. The van der Waals surface area contributed by atoms with Gasteiger partial charge in [0.15, 0.2) is 12.0 Å². The molecule has 3 rings (SSSR count). The molecule has 10 nitrogen and oxygen atoms in total. The summed E-state index contributed by atoms with van der Waals surface area (Å²) in [4.78, 5) is 55.4. The fraction of sp³-hybridized carbons (Fsp3) is 0.455. The van der Waals surface area contributed by atoms with Crippen molar-refractivity contribution in [2.75, 3.05) is 27.4 Å². The van der Waals surface area contributed by atoms with Crippen molar-refractivity contribution < 1.29 is 38.5 Å². The number of hydrogen-bond donors (Lipinski definition) is 2. The van der Waals surface area contributed by atoms with Crippen LogP contribution in [0.1, 0.15) is 37.1 Å². The normalized spacial score (nSPS) is 20.1. The van der Waals surface area contributed by atoms with E-state index in [1.807, 2.05) is 0 Å². The fourth-order valence-electron chi connectivity index (χ4n) is 4.56. The molecule has 2 heterocycles. The number of ether oxygens (including phenoxy) is 3. The zero-order chi connectivity index (χ0) is 23.6. The minimum Gasteiger partial charge on any atom is -0.468 e. The van der Waals surface area contributed by atoms with Gasteiger partial charge in [0.05, 0.1) is 39.2 Å². The van der Waals surface area contributed by atoms with Gasteiger partial charge in [0.25, 0.3) is 0 Å². The monoisotopic (exact) mass is 446 g/mol. The van der Waals surface area contributed by atoms with Crippen LogP contribution in [-0.4, -0.2) is 72.3 Å². The van der Waals surface area contributed by atoms with Crippen LogP contribution in [0.2, 0.25) is 0 Å². The van der Waals surface area contributed by atoms with Gasteiger partial charge in [-0.1, -0.05) is 18.2 Å². The van der Waals surface area contributed by atoms with Gasteiger partial charge in [0, 0.05) is 23.7 Å². The van der Waals surface area contributed by atoms with Crippen molar-refractivity contribution in [3.63, 3.8) is 0 Å². The van der Waals surface area contributed by atoms with Crippen molar-refractivity contribution in [2.45, 2.75) is 31.8 Å². The first-order chi connectivity index (χ1) is 15.3. The molecule has 0 unspecified atom stereocenters. The second-order valence-electron chi connectivity index (χ2n) is 7.38. The number of aliphatic hydroxyl groups excluding tert-OH is 1. The van der Waals surface area contributed by atoms with Crippen molar-refractivity contribution >= 4 is 34.7 Å². The van der Waals surface area contributed by atoms with E-state index in [2.05, 4.69) is 4.98 Å².